The highest BCUT2D eigenvalue weighted by Crippen LogP contribution is 2.33. The second kappa shape index (κ2) is 6.60. The standard InChI is InChI=1S/C17H12BrNO3S/c18-13-5-1-12(2-6-13)10-19-16(21)15(23-17(19)22)9-11-3-7-14(20)8-4-11/h1-9,20H,10H2/b15-9-. The lowest BCUT2D eigenvalue weighted by molar-refractivity contribution is -0.123. The smallest absolute Gasteiger partial charge is 0.293 e. The fourth-order valence-corrected chi connectivity index (χ4v) is 3.23. The van der Waals surface area contributed by atoms with Gasteiger partial charge in [0.15, 0.2) is 0 Å². The third kappa shape index (κ3) is 3.65. The van der Waals surface area contributed by atoms with Crippen LogP contribution in [-0.2, 0) is 11.3 Å². The molecule has 116 valence electrons. The molecule has 4 nitrogen and oxygen atoms in total. The lowest BCUT2D eigenvalue weighted by atomic mass is 10.2. The Hall–Kier alpha value is -2.05. The third-order valence-electron chi connectivity index (χ3n) is 3.32. The van der Waals surface area contributed by atoms with Crippen LogP contribution in [0.15, 0.2) is 57.9 Å². The van der Waals surface area contributed by atoms with Crippen LogP contribution in [0.1, 0.15) is 11.1 Å². The van der Waals surface area contributed by atoms with Crippen molar-refractivity contribution in [3.63, 3.8) is 0 Å². The Morgan fingerprint density at radius 2 is 1.70 bits per heavy atom. The van der Waals surface area contributed by atoms with E-state index in [0.29, 0.717) is 4.91 Å². The molecule has 0 bridgehead atoms. The van der Waals surface area contributed by atoms with E-state index in [1.54, 1.807) is 18.2 Å². The normalized spacial score (nSPS) is 16.4. The summed E-state index contributed by atoms with van der Waals surface area (Å²) in [7, 11) is 0. The topological polar surface area (TPSA) is 57.6 Å². The molecule has 1 saturated heterocycles. The third-order valence-corrected chi connectivity index (χ3v) is 4.75. The van der Waals surface area contributed by atoms with Crippen LogP contribution in [0.3, 0.4) is 0 Å². The number of amides is 2. The highest BCUT2D eigenvalue weighted by molar-refractivity contribution is 9.10. The number of benzene rings is 2. The molecule has 1 N–H and O–H groups in total. The minimum atomic E-state index is -0.295. The summed E-state index contributed by atoms with van der Waals surface area (Å²) in [4.78, 5) is 26.1. The summed E-state index contributed by atoms with van der Waals surface area (Å²) >= 11 is 4.29. The molecule has 0 spiro atoms. The molecular weight excluding hydrogens is 378 g/mol. The van der Waals surface area contributed by atoms with Gasteiger partial charge < -0.3 is 5.11 Å². The van der Waals surface area contributed by atoms with Crippen LogP contribution >= 0.6 is 27.7 Å². The molecule has 23 heavy (non-hydrogen) atoms. The predicted octanol–water partition coefficient (Wildman–Crippen LogP) is 4.39. The van der Waals surface area contributed by atoms with Crippen molar-refractivity contribution >= 4 is 44.9 Å². The Balaban J connectivity index is 1.79. The van der Waals surface area contributed by atoms with Gasteiger partial charge in [-0.25, -0.2) is 0 Å². The molecule has 2 amide bonds. The summed E-state index contributed by atoms with van der Waals surface area (Å²) in [5.74, 6) is -0.138. The first kappa shape index (κ1) is 15.8. The number of phenolic OH excluding ortho intramolecular Hbond substituents is 1. The van der Waals surface area contributed by atoms with E-state index in [9.17, 15) is 14.7 Å². The summed E-state index contributed by atoms with van der Waals surface area (Å²) in [6.45, 7) is 0.255. The van der Waals surface area contributed by atoms with Gasteiger partial charge >= 0.3 is 0 Å². The van der Waals surface area contributed by atoms with Crippen molar-refractivity contribution in [1.29, 1.82) is 0 Å². The average molecular weight is 390 g/mol. The van der Waals surface area contributed by atoms with Crippen molar-refractivity contribution in [1.82, 2.24) is 4.90 Å². The summed E-state index contributed by atoms with van der Waals surface area (Å²) in [5, 5.41) is 9.00. The average Bonchev–Trinajstić information content (AvgIpc) is 2.79. The number of carbonyl (C=O) groups is 2. The molecule has 1 heterocycles. The number of halogens is 1. The number of imide groups is 1. The van der Waals surface area contributed by atoms with Gasteiger partial charge in [-0.3, -0.25) is 14.5 Å². The first-order valence-corrected chi connectivity index (χ1v) is 8.43. The molecule has 0 aliphatic carbocycles. The summed E-state index contributed by atoms with van der Waals surface area (Å²) in [6, 6.07) is 14.0. The maximum absolute atomic E-state index is 12.4. The zero-order valence-electron chi connectivity index (χ0n) is 11.9. The second-order valence-electron chi connectivity index (χ2n) is 4.99. The maximum atomic E-state index is 12.4. The first-order valence-electron chi connectivity index (χ1n) is 6.82. The number of rotatable bonds is 3. The van der Waals surface area contributed by atoms with Crippen molar-refractivity contribution in [2.45, 2.75) is 6.54 Å². The van der Waals surface area contributed by atoms with E-state index in [-0.39, 0.29) is 23.4 Å². The van der Waals surface area contributed by atoms with Gasteiger partial charge in [-0.05, 0) is 53.2 Å². The van der Waals surface area contributed by atoms with Crippen LogP contribution in [0.4, 0.5) is 4.79 Å². The Morgan fingerprint density at radius 3 is 2.35 bits per heavy atom. The number of hydrogen-bond acceptors (Lipinski definition) is 4. The molecule has 1 aliphatic heterocycles. The SMILES string of the molecule is O=C1S/C(=C\c2ccc(O)cc2)C(=O)N1Cc1ccc(Br)cc1. The minimum Gasteiger partial charge on any atom is -0.508 e. The van der Waals surface area contributed by atoms with Crippen LogP contribution < -0.4 is 0 Å². The largest absolute Gasteiger partial charge is 0.508 e. The van der Waals surface area contributed by atoms with Crippen LogP contribution in [-0.4, -0.2) is 21.2 Å². The van der Waals surface area contributed by atoms with Crippen LogP contribution in [0, 0.1) is 0 Å². The van der Waals surface area contributed by atoms with Gasteiger partial charge in [0.2, 0.25) is 0 Å². The molecule has 3 rings (SSSR count). The highest BCUT2D eigenvalue weighted by atomic mass is 79.9. The quantitative estimate of drug-likeness (QED) is 0.790. The van der Waals surface area contributed by atoms with E-state index in [2.05, 4.69) is 15.9 Å². The van der Waals surface area contributed by atoms with E-state index in [1.165, 1.54) is 17.0 Å². The second-order valence-corrected chi connectivity index (χ2v) is 6.89. The number of phenols is 1. The first-order chi connectivity index (χ1) is 11.0. The number of aromatic hydroxyl groups is 1. The van der Waals surface area contributed by atoms with Gasteiger partial charge in [-0.15, -0.1) is 0 Å². The molecule has 0 radical (unpaired) electrons. The van der Waals surface area contributed by atoms with Crippen molar-refractivity contribution in [3.8, 4) is 5.75 Å². The molecule has 0 unspecified atom stereocenters. The summed E-state index contributed by atoms with van der Waals surface area (Å²) in [5.41, 5.74) is 1.65. The lowest BCUT2D eigenvalue weighted by Gasteiger charge is -2.12. The van der Waals surface area contributed by atoms with Gasteiger partial charge in [0.25, 0.3) is 11.1 Å². The molecule has 0 saturated carbocycles. The number of nitrogens with zero attached hydrogens (tertiary/aromatic N) is 1. The number of hydrogen-bond donors (Lipinski definition) is 1. The van der Waals surface area contributed by atoms with Crippen molar-refractivity contribution in [2.24, 2.45) is 0 Å². The van der Waals surface area contributed by atoms with Crippen molar-refractivity contribution in [3.05, 3.63) is 69.0 Å². The molecule has 2 aromatic rings. The monoisotopic (exact) mass is 389 g/mol. The van der Waals surface area contributed by atoms with Crippen molar-refractivity contribution < 1.29 is 14.7 Å². The summed E-state index contributed by atoms with van der Waals surface area (Å²) < 4.78 is 0.947. The molecule has 0 aromatic heterocycles. The van der Waals surface area contributed by atoms with Crippen LogP contribution in [0.5, 0.6) is 5.75 Å². The van der Waals surface area contributed by atoms with Gasteiger partial charge in [0, 0.05) is 4.47 Å². The lowest BCUT2D eigenvalue weighted by Crippen LogP contribution is -2.27. The van der Waals surface area contributed by atoms with Crippen molar-refractivity contribution in [2.75, 3.05) is 0 Å². The Bertz CT molecular complexity index is 784. The van der Waals surface area contributed by atoms with Gasteiger partial charge in [0.05, 0.1) is 11.4 Å². The molecule has 1 aliphatic rings. The molecular formula is C17H12BrNO3S. The molecule has 1 fully saturated rings. The fourth-order valence-electron chi connectivity index (χ4n) is 2.13. The molecule has 2 aromatic carbocycles. The maximum Gasteiger partial charge on any atom is 0.293 e. The Kier molecular flexibility index (Phi) is 4.54. The number of carbonyl (C=O) groups excluding carboxylic acids is 2. The van der Waals surface area contributed by atoms with Crippen LogP contribution in [0.25, 0.3) is 6.08 Å². The molecule has 6 heteroatoms. The van der Waals surface area contributed by atoms with Gasteiger partial charge in [-0.1, -0.05) is 40.2 Å². The Morgan fingerprint density at radius 1 is 1.04 bits per heavy atom. The zero-order valence-corrected chi connectivity index (χ0v) is 14.3. The van der Waals surface area contributed by atoms with Gasteiger partial charge in [0.1, 0.15) is 5.75 Å². The highest BCUT2D eigenvalue weighted by Gasteiger charge is 2.34. The van der Waals surface area contributed by atoms with Crippen LogP contribution in [0.2, 0.25) is 0 Å². The minimum absolute atomic E-state index is 0.158. The van der Waals surface area contributed by atoms with E-state index in [1.807, 2.05) is 24.3 Å². The molecule has 0 atom stereocenters. The van der Waals surface area contributed by atoms with Gasteiger partial charge in [-0.2, -0.15) is 0 Å². The Labute approximate surface area is 145 Å². The fraction of sp³-hybridized carbons (Fsp3) is 0.0588. The zero-order chi connectivity index (χ0) is 16.4. The van der Waals surface area contributed by atoms with E-state index in [0.717, 1.165) is 27.4 Å². The summed E-state index contributed by atoms with van der Waals surface area (Å²) in [6.07, 6.45) is 1.66. The number of thioether (sulfide) groups is 1. The predicted molar refractivity (Wildman–Crippen MR) is 93.8 cm³/mol. The van der Waals surface area contributed by atoms with E-state index >= 15 is 0 Å². The van der Waals surface area contributed by atoms with E-state index < -0.39 is 0 Å². The van der Waals surface area contributed by atoms with E-state index in [4.69, 9.17) is 0 Å².